The van der Waals surface area contributed by atoms with Crippen molar-refractivity contribution in [2.45, 2.75) is 56.7 Å². The number of nitrogens with zero attached hydrogens (tertiary/aromatic N) is 2. The molecule has 0 radical (unpaired) electrons. The molecule has 0 aliphatic carbocycles. The van der Waals surface area contributed by atoms with Crippen molar-refractivity contribution in [1.82, 2.24) is 4.98 Å². The highest BCUT2D eigenvalue weighted by Gasteiger charge is 2.31. The molecule has 0 amide bonds. The Hall–Kier alpha value is -2.33. The smallest absolute Gasteiger partial charge is 0.356 e. The van der Waals surface area contributed by atoms with E-state index in [1.54, 1.807) is 13.0 Å². The van der Waals surface area contributed by atoms with E-state index < -0.39 is 32.8 Å². The molecule has 1 N–H and O–H groups in total. The van der Waals surface area contributed by atoms with Crippen LogP contribution < -0.4 is 9.62 Å². The third-order valence-corrected chi connectivity index (χ3v) is 6.85. The van der Waals surface area contributed by atoms with Crippen molar-refractivity contribution in [2.75, 3.05) is 29.0 Å². The average Bonchev–Trinajstić information content (AvgIpc) is 3.06. The molecule has 2 aromatic rings. The maximum atomic E-state index is 14.4. The van der Waals surface area contributed by atoms with E-state index >= 15 is 0 Å². The van der Waals surface area contributed by atoms with Gasteiger partial charge in [0.2, 0.25) is 10.0 Å². The van der Waals surface area contributed by atoms with Crippen LogP contribution in [0.3, 0.4) is 0 Å². The second-order valence-corrected chi connectivity index (χ2v) is 11.1. The predicted octanol–water partition coefficient (Wildman–Crippen LogP) is 5.57. The first-order chi connectivity index (χ1) is 16.3. The zero-order chi connectivity index (χ0) is 25.8. The van der Waals surface area contributed by atoms with Crippen LogP contribution in [0.5, 0.6) is 0 Å². The van der Waals surface area contributed by atoms with Crippen molar-refractivity contribution in [3.8, 4) is 0 Å². The Labute approximate surface area is 208 Å². The Morgan fingerprint density at radius 2 is 1.83 bits per heavy atom. The maximum Gasteiger partial charge on any atom is 0.364 e. The fraction of sp³-hybridized carbons (Fsp3) is 0.500. The van der Waals surface area contributed by atoms with Crippen molar-refractivity contribution >= 4 is 38.9 Å². The number of hydrogen-bond acceptors (Lipinski definition) is 5. The third-order valence-electron chi connectivity index (χ3n) is 6.06. The minimum Gasteiger partial charge on any atom is -0.356 e. The Morgan fingerprint density at radius 3 is 2.40 bits per heavy atom. The van der Waals surface area contributed by atoms with Gasteiger partial charge in [-0.1, -0.05) is 31.9 Å². The number of pyridine rings is 1. The first kappa shape index (κ1) is 27.3. The number of hydrogen-bond donors (Lipinski definition) is 1. The fourth-order valence-electron chi connectivity index (χ4n) is 4.13. The Balaban J connectivity index is 1.76. The van der Waals surface area contributed by atoms with E-state index in [1.165, 1.54) is 18.2 Å². The summed E-state index contributed by atoms with van der Waals surface area (Å²) in [4.78, 5) is 19.0. The number of rotatable bonds is 9. The van der Waals surface area contributed by atoms with Gasteiger partial charge in [-0.25, -0.2) is 17.8 Å². The minimum absolute atomic E-state index is 0.102. The lowest BCUT2D eigenvalue weighted by molar-refractivity contribution is -0.120. The molecular weight excluding hydrogens is 503 g/mol. The SMILES string of the molecule is CC(C(=O)CCc1ccc(C(F)(F)Cl)nc1N1CCCCCC1)c1ccc(NS(C)(=O)=O)c(F)c1. The lowest BCUT2D eigenvalue weighted by Crippen LogP contribution is -2.27. The number of ketones is 1. The molecule has 0 spiro atoms. The molecule has 1 fully saturated rings. The van der Waals surface area contributed by atoms with Crippen LogP contribution in [-0.4, -0.2) is 38.5 Å². The number of nitrogens with one attached hydrogen (secondary N) is 1. The van der Waals surface area contributed by atoms with Gasteiger partial charge in [0.1, 0.15) is 23.1 Å². The molecule has 1 aliphatic heterocycles. The normalized spacial score (nSPS) is 16.0. The second kappa shape index (κ2) is 11.2. The van der Waals surface area contributed by atoms with Crippen LogP contribution >= 0.6 is 11.6 Å². The van der Waals surface area contributed by atoms with Gasteiger partial charge in [-0.2, -0.15) is 8.78 Å². The van der Waals surface area contributed by atoms with Gasteiger partial charge in [0, 0.05) is 25.4 Å². The quantitative estimate of drug-likeness (QED) is 0.428. The summed E-state index contributed by atoms with van der Waals surface area (Å²) in [6, 6.07) is 6.64. The van der Waals surface area contributed by atoms with E-state index in [-0.39, 0.29) is 24.3 Å². The number of anilines is 2. The summed E-state index contributed by atoms with van der Waals surface area (Å²) in [6.45, 7) is 3.02. The summed E-state index contributed by atoms with van der Waals surface area (Å²) in [5, 5.41) is -3.59. The molecule has 192 valence electrons. The number of aromatic nitrogens is 1. The number of halogens is 4. The van der Waals surface area contributed by atoms with Crippen molar-refractivity contribution in [3.05, 3.63) is 53.0 Å². The first-order valence-corrected chi connectivity index (χ1v) is 13.7. The average molecular weight is 532 g/mol. The van der Waals surface area contributed by atoms with Gasteiger partial charge < -0.3 is 4.90 Å². The van der Waals surface area contributed by atoms with E-state index in [4.69, 9.17) is 11.6 Å². The van der Waals surface area contributed by atoms with Gasteiger partial charge in [0.15, 0.2) is 0 Å². The highest BCUT2D eigenvalue weighted by atomic mass is 35.5. The second-order valence-electron chi connectivity index (χ2n) is 8.88. The van der Waals surface area contributed by atoms with Crippen LogP contribution in [0.4, 0.5) is 24.7 Å². The predicted molar refractivity (Wildman–Crippen MR) is 131 cm³/mol. The lowest BCUT2D eigenvalue weighted by Gasteiger charge is -2.25. The monoisotopic (exact) mass is 531 g/mol. The lowest BCUT2D eigenvalue weighted by atomic mass is 9.92. The van der Waals surface area contributed by atoms with Crippen LogP contribution in [-0.2, 0) is 26.6 Å². The minimum atomic E-state index is -3.64. The van der Waals surface area contributed by atoms with Crippen molar-refractivity contribution in [3.63, 3.8) is 0 Å². The summed E-state index contributed by atoms with van der Waals surface area (Å²) >= 11 is 5.21. The molecular formula is C24H29ClF3N3O3S. The third kappa shape index (κ3) is 7.57. The topological polar surface area (TPSA) is 79.4 Å². The summed E-state index contributed by atoms with van der Waals surface area (Å²) < 4.78 is 66.6. The van der Waals surface area contributed by atoms with E-state index in [1.807, 2.05) is 4.90 Å². The largest absolute Gasteiger partial charge is 0.364 e. The summed E-state index contributed by atoms with van der Waals surface area (Å²) in [7, 11) is -3.64. The Kier molecular flexibility index (Phi) is 8.69. The number of alkyl halides is 3. The number of benzene rings is 1. The van der Waals surface area contributed by atoms with E-state index in [2.05, 4.69) is 9.71 Å². The van der Waals surface area contributed by atoms with Crippen LogP contribution in [0, 0.1) is 5.82 Å². The van der Waals surface area contributed by atoms with Gasteiger partial charge in [-0.3, -0.25) is 9.52 Å². The molecule has 1 atom stereocenters. The molecule has 6 nitrogen and oxygen atoms in total. The van der Waals surface area contributed by atoms with Crippen LogP contribution in [0.2, 0.25) is 0 Å². The van der Waals surface area contributed by atoms with E-state index in [0.29, 0.717) is 30.0 Å². The molecule has 1 aromatic heterocycles. The number of Topliss-reactive ketones (excluding diaryl/α,β-unsaturated/α-hetero) is 1. The standard InChI is InChI=1S/C24H29ClF3N3O3S/c1-16(18-7-10-20(19(26)15-18)30-35(2,33)34)21(32)11-8-17-9-12-22(24(25,27)28)29-23(17)31-13-5-3-4-6-14-31/h7,9-10,12,15-16,30H,3-6,8,11,13-14H2,1-2H3. The van der Waals surface area contributed by atoms with Gasteiger partial charge in [-0.15, -0.1) is 0 Å². The Bertz CT molecular complexity index is 1160. The fourth-order valence-corrected chi connectivity index (χ4v) is 4.80. The zero-order valence-corrected chi connectivity index (χ0v) is 21.2. The first-order valence-electron chi connectivity index (χ1n) is 11.5. The zero-order valence-electron chi connectivity index (χ0n) is 19.7. The Morgan fingerprint density at radius 1 is 1.17 bits per heavy atom. The molecule has 1 aromatic carbocycles. The number of carbonyl (C=O) groups excluding carboxylic acids is 1. The van der Waals surface area contributed by atoms with Gasteiger partial charge in [0.05, 0.1) is 11.9 Å². The van der Waals surface area contributed by atoms with Gasteiger partial charge in [0.25, 0.3) is 0 Å². The molecule has 1 aliphatic rings. The molecule has 1 unspecified atom stereocenters. The van der Waals surface area contributed by atoms with Gasteiger partial charge >= 0.3 is 5.38 Å². The van der Waals surface area contributed by atoms with Crippen molar-refractivity contribution in [1.29, 1.82) is 0 Å². The maximum absolute atomic E-state index is 14.4. The van der Waals surface area contributed by atoms with Crippen LogP contribution in [0.25, 0.3) is 0 Å². The molecule has 3 rings (SSSR count). The van der Waals surface area contributed by atoms with E-state index in [9.17, 15) is 26.4 Å². The molecule has 35 heavy (non-hydrogen) atoms. The van der Waals surface area contributed by atoms with Crippen LogP contribution in [0.1, 0.15) is 61.8 Å². The van der Waals surface area contributed by atoms with Crippen molar-refractivity contribution in [2.24, 2.45) is 0 Å². The highest BCUT2D eigenvalue weighted by Crippen LogP contribution is 2.34. The number of aryl methyl sites for hydroxylation is 1. The number of sulfonamides is 1. The summed E-state index contributed by atoms with van der Waals surface area (Å²) in [6.07, 6.45) is 5.27. The summed E-state index contributed by atoms with van der Waals surface area (Å²) in [5.74, 6) is -1.16. The van der Waals surface area contributed by atoms with E-state index in [0.717, 1.165) is 38.0 Å². The molecule has 0 saturated carbocycles. The number of carbonyl (C=O) groups is 1. The molecule has 1 saturated heterocycles. The molecule has 11 heteroatoms. The highest BCUT2D eigenvalue weighted by molar-refractivity contribution is 7.92. The van der Waals surface area contributed by atoms with Crippen molar-refractivity contribution < 1.29 is 26.4 Å². The summed E-state index contributed by atoms with van der Waals surface area (Å²) in [5.41, 5.74) is 0.367. The van der Waals surface area contributed by atoms with Crippen LogP contribution in [0.15, 0.2) is 30.3 Å². The molecule has 2 heterocycles. The van der Waals surface area contributed by atoms with Gasteiger partial charge in [-0.05, 0) is 60.2 Å². The molecule has 0 bridgehead atoms.